The van der Waals surface area contributed by atoms with Gasteiger partial charge in [0.05, 0.1) is 33.0 Å². The zero-order chi connectivity index (χ0) is 26.2. The van der Waals surface area contributed by atoms with E-state index in [1.807, 2.05) is 30.3 Å². The number of thiazole rings is 1. The highest BCUT2D eigenvalue weighted by atomic mass is 79.9. The number of hydrogen-bond donors (Lipinski definition) is 1. The van der Waals surface area contributed by atoms with Gasteiger partial charge in [-0.1, -0.05) is 57.3 Å². The first kappa shape index (κ1) is 25.5. The Bertz CT molecular complexity index is 1520. The SMILES string of the molecule is C[C@H]1C[C@@H]2C[C@@H](OCc3c(-c4c(Cl)cccc4Cl)noc3C3CC3)C[C@H]1[C@]2(O)c1nc2ccc(Br)cc2s1. The van der Waals surface area contributed by atoms with E-state index in [1.54, 1.807) is 11.3 Å². The van der Waals surface area contributed by atoms with E-state index < -0.39 is 5.60 Å². The maximum absolute atomic E-state index is 12.2. The molecule has 198 valence electrons. The molecule has 3 fully saturated rings. The monoisotopic (exact) mass is 632 g/mol. The number of aromatic nitrogens is 2. The van der Waals surface area contributed by atoms with Crippen molar-refractivity contribution in [3.63, 3.8) is 0 Å². The summed E-state index contributed by atoms with van der Waals surface area (Å²) in [7, 11) is 0. The Kier molecular flexibility index (Phi) is 6.42. The number of fused-ring (bicyclic) bond motifs is 3. The van der Waals surface area contributed by atoms with Crippen molar-refractivity contribution >= 4 is 60.7 Å². The minimum Gasteiger partial charge on any atom is -0.382 e. The van der Waals surface area contributed by atoms with Crippen LogP contribution in [0.2, 0.25) is 10.0 Å². The van der Waals surface area contributed by atoms with Gasteiger partial charge in [0, 0.05) is 21.5 Å². The number of nitrogens with zero attached hydrogens (tertiary/aromatic N) is 2. The minimum atomic E-state index is -0.915. The van der Waals surface area contributed by atoms with E-state index in [4.69, 9.17) is 37.4 Å². The van der Waals surface area contributed by atoms with Crippen LogP contribution in [0.4, 0.5) is 0 Å². The van der Waals surface area contributed by atoms with Crippen LogP contribution in [0.5, 0.6) is 0 Å². The molecule has 3 saturated carbocycles. The Morgan fingerprint density at radius 1 is 1.16 bits per heavy atom. The molecule has 0 amide bonds. The lowest BCUT2D eigenvalue weighted by atomic mass is 9.72. The van der Waals surface area contributed by atoms with Gasteiger partial charge in [-0.2, -0.15) is 0 Å². The summed E-state index contributed by atoms with van der Waals surface area (Å²) in [5.74, 6) is 1.86. The van der Waals surface area contributed by atoms with Gasteiger partial charge in [0.2, 0.25) is 0 Å². The number of ether oxygens (including phenoxy) is 1. The molecular weight excluding hydrogens is 607 g/mol. The second-order valence-corrected chi connectivity index (χ2v) is 13.9. The fraction of sp³-hybridized carbons (Fsp3) is 0.448. The highest BCUT2D eigenvalue weighted by Gasteiger charge is 2.59. The molecule has 1 N–H and O–H groups in total. The summed E-state index contributed by atoms with van der Waals surface area (Å²) in [5, 5.41) is 18.5. The summed E-state index contributed by atoms with van der Waals surface area (Å²) >= 11 is 18.2. The van der Waals surface area contributed by atoms with E-state index in [0.717, 1.165) is 63.1 Å². The molecule has 4 aromatic rings. The van der Waals surface area contributed by atoms with Gasteiger partial charge in [-0.05, 0) is 80.2 Å². The van der Waals surface area contributed by atoms with Crippen molar-refractivity contribution < 1.29 is 14.4 Å². The molecule has 2 aromatic carbocycles. The van der Waals surface area contributed by atoms with Gasteiger partial charge in [-0.3, -0.25) is 0 Å². The van der Waals surface area contributed by atoms with Crippen LogP contribution in [0, 0.1) is 17.8 Å². The number of aliphatic hydroxyl groups is 1. The van der Waals surface area contributed by atoms with Crippen molar-refractivity contribution in [2.75, 3.05) is 0 Å². The number of rotatable bonds is 6. The fourth-order valence-electron chi connectivity index (χ4n) is 6.70. The van der Waals surface area contributed by atoms with Crippen molar-refractivity contribution in [3.05, 3.63) is 67.2 Å². The topological polar surface area (TPSA) is 68.4 Å². The lowest BCUT2D eigenvalue weighted by molar-refractivity contribution is -0.120. The molecule has 7 rings (SSSR count). The van der Waals surface area contributed by atoms with Crippen LogP contribution in [-0.4, -0.2) is 21.4 Å². The molecular formula is C29H27BrCl2N2O3S. The van der Waals surface area contributed by atoms with Crippen LogP contribution in [-0.2, 0) is 16.9 Å². The molecule has 3 aliphatic rings. The van der Waals surface area contributed by atoms with E-state index in [-0.39, 0.29) is 17.9 Å². The third kappa shape index (κ3) is 4.16. The highest BCUT2D eigenvalue weighted by Crippen LogP contribution is 2.59. The molecule has 5 nitrogen and oxygen atoms in total. The zero-order valence-corrected chi connectivity index (χ0v) is 24.7. The first-order valence-electron chi connectivity index (χ1n) is 13.2. The van der Waals surface area contributed by atoms with Crippen LogP contribution in [0.3, 0.4) is 0 Å². The molecule has 5 atom stereocenters. The Morgan fingerprint density at radius 2 is 1.95 bits per heavy atom. The Morgan fingerprint density at radius 3 is 2.68 bits per heavy atom. The van der Waals surface area contributed by atoms with E-state index in [2.05, 4.69) is 34.1 Å². The first-order chi connectivity index (χ1) is 18.3. The van der Waals surface area contributed by atoms with Crippen LogP contribution in [0.1, 0.15) is 61.3 Å². The zero-order valence-electron chi connectivity index (χ0n) is 20.8. The van der Waals surface area contributed by atoms with Crippen molar-refractivity contribution in [2.45, 2.75) is 63.3 Å². The quantitative estimate of drug-likeness (QED) is 0.230. The Balaban J connectivity index is 1.15. The summed E-state index contributed by atoms with van der Waals surface area (Å²) < 4.78 is 14.5. The van der Waals surface area contributed by atoms with E-state index in [0.29, 0.717) is 39.7 Å². The second kappa shape index (κ2) is 9.57. The Hall–Kier alpha value is -1.48. The molecule has 0 unspecified atom stereocenters. The van der Waals surface area contributed by atoms with Gasteiger partial charge in [-0.15, -0.1) is 11.3 Å². The molecule has 9 heteroatoms. The van der Waals surface area contributed by atoms with Gasteiger partial charge < -0.3 is 14.4 Å². The molecule has 2 heterocycles. The van der Waals surface area contributed by atoms with Crippen LogP contribution < -0.4 is 0 Å². The van der Waals surface area contributed by atoms with Crippen LogP contribution in [0.15, 0.2) is 45.4 Å². The van der Waals surface area contributed by atoms with E-state index in [9.17, 15) is 5.11 Å². The summed E-state index contributed by atoms with van der Waals surface area (Å²) in [5.41, 5.74) is 2.34. The standard InChI is InChI=1S/C29H27BrCl2N2O3S/c1-14-9-16-10-18(12-20(14)29(16,35)28-33-23-8-7-17(30)11-24(23)38-28)36-13-19-26(34-37-27(19)15-5-6-15)25-21(31)3-2-4-22(25)32/h2-4,7-8,11,14-16,18,20,35H,5-6,9-10,12-13H2,1H3/t14-,16+,18+,20+,29-/m0/s1. The van der Waals surface area contributed by atoms with Gasteiger partial charge in [0.15, 0.2) is 0 Å². The fourth-order valence-corrected chi connectivity index (χ4v) is 9.03. The molecule has 2 bridgehead atoms. The van der Waals surface area contributed by atoms with Gasteiger partial charge in [-0.25, -0.2) is 4.98 Å². The summed E-state index contributed by atoms with van der Waals surface area (Å²) in [6.45, 7) is 2.64. The van der Waals surface area contributed by atoms with Crippen molar-refractivity contribution in [1.82, 2.24) is 10.1 Å². The predicted molar refractivity (Wildman–Crippen MR) is 154 cm³/mol. The molecule has 3 aliphatic carbocycles. The summed E-state index contributed by atoms with van der Waals surface area (Å²) in [6.07, 6.45) is 4.78. The van der Waals surface area contributed by atoms with Crippen molar-refractivity contribution in [1.29, 1.82) is 0 Å². The molecule has 0 spiro atoms. The van der Waals surface area contributed by atoms with Gasteiger partial charge in [0.1, 0.15) is 22.1 Å². The smallest absolute Gasteiger partial charge is 0.145 e. The number of hydrogen-bond acceptors (Lipinski definition) is 6. The number of benzene rings is 2. The largest absolute Gasteiger partial charge is 0.382 e. The van der Waals surface area contributed by atoms with Crippen LogP contribution >= 0.6 is 50.5 Å². The summed E-state index contributed by atoms with van der Waals surface area (Å²) in [4.78, 5) is 4.90. The minimum absolute atomic E-state index is 0.0373. The van der Waals surface area contributed by atoms with Crippen molar-refractivity contribution in [2.24, 2.45) is 17.8 Å². The average Bonchev–Trinajstić information content (AvgIpc) is 3.48. The highest BCUT2D eigenvalue weighted by molar-refractivity contribution is 9.10. The predicted octanol–water partition coefficient (Wildman–Crippen LogP) is 8.74. The lowest BCUT2D eigenvalue weighted by Gasteiger charge is -2.41. The second-order valence-electron chi connectivity index (χ2n) is 11.1. The van der Waals surface area contributed by atoms with Gasteiger partial charge in [0.25, 0.3) is 0 Å². The third-order valence-corrected chi connectivity index (χ3v) is 11.0. The molecule has 0 saturated heterocycles. The Labute approximate surface area is 243 Å². The molecule has 38 heavy (non-hydrogen) atoms. The molecule has 2 aromatic heterocycles. The van der Waals surface area contributed by atoms with E-state index in [1.165, 1.54) is 0 Å². The molecule has 0 aliphatic heterocycles. The van der Waals surface area contributed by atoms with Crippen LogP contribution in [0.25, 0.3) is 21.5 Å². The van der Waals surface area contributed by atoms with Gasteiger partial charge >= 0.3 is 0 Å². The average molecular weight is 634 g/mol. The number of halogens is 3. The maximum atomic E-state index is 12.2. The lowest BCUT2D eigenvalue weighted by Crippen LogP contribution is -2.45. The van der Waals surface area contributed by atoms with E-state index >= 15 is 0 Å². The third-order valence-electron chi connectivity index (χ3n) is 8.72. The maximum Gasteiger partial charge on any atom is 0.145 e. The normalized spacial score (nSPS) is 28.9. The molecule has 0 radical (unpaired) electrons. The first-order valence-corrected chi connectivity index (χ1v) is 15.5. The summed E-state index contributed by atoms with van der Waals surface area (Å²) in [6, 6.07) is 11.6. The van der Waals surface area contributed by atoms with Crippen molar-refractivity contribution in [3.8, 4) is 11.3 Å².